The molecule has 1 atom stereocenters. The van der Waals surface area contributed by atoms with E-state index < -0.39 is 5.41 Å². The molecule has 3 rings (SSSR count). The first kappa shape index (κ1) is 19.4. The van der Waals surface area contributed by atoms with Gasteiger partial charge in [-0.2, -0.15) is 0 Å². The molecule has 0 bridgehead atoms. The lowest BCUT2D eigenvalue weighted by molar-refractivity contribution is -0.145. The lowest BCUT2D eigenvalue weighted by Gasteiger charge is -2.37. The molecule has 1 saturated heterocycles. The summed E-state index contributed by atoms with van der Waals surface area (Å²) in [6, 6.07) is 6.82. The second kappa shape index (κ2) is 8.11. The van der Waals surface area contributed by atoms with Crippen LogP contribution in [0, 0.1) is 5.41 Å². The highest BCUT2D eigenvalue weighted by Gasteiger charge is 2.58. The normalized spacial score (nSPS) is 20.7. The Morgan fingerprint density at radius 3 is 2.44 bits per heavy atom. The Labute approximate surface area is 160 Å². The predicted octanol–water partition coefficient (Wildman–Crippen LogP) is 3.37. The highest BCUT2D eigenvalue weighted by atomic mass is 16.5. The van der Waals surface area contributed by atoms with Gasteiger partial charge in [-0.05, 0) is 69.7 Å². The topological polar surface area (TPSA) is 75.7 Å². The van der Waals surface area contributed by atoms with E-state index in [1.54, 1.807) is 31.2 Å². The van der Waals surface area contributed by atoms with E-state index in [1.165, 1.54) is 0 Å². The number of hydrogen-bond donors (Lipinski definition) is 1. The number of esters is 1. The van der Waals surface area contributed by atoms with Gasteiger partial charge in [0.15, 0.2) is 0 Å². The number of nitrogens with one attached hydrogen (secondary N) is 1. The molecule has 0 aromatic heterocycles. The molecule has 1 heterocycles. The molecule has 0 spiro atoms. The van der Waals surface area contributed by atoms with Gasteiger partial charge in [0.25, 0.3) is 0 Å². The Morgan fingerprint density at radius 2 is 1.85 bits per heavy atom. The minimum absolute atomic E-state index is 0.0188. The monoisotopic (exact) mass is 372 g/mol. The number of amides is 2. The lowest BCUT2D eigenvalue weighted by Crippen LogP contribution is -2.49. The minimum Gasteiger partial charge on any atom is -0.462 e. The number of hydrogen-bond acceptors (Lipinski definition) is 4. The van der Waals surface area contributed by atoms with Crippen LogP contribution >= 0.6 is 0 Å². The first-order valence-electron chi connectivity index (χ1n) is 9.91. The van der Waals surface area contributed by atoms with Crippen LogP contribution < -0.4 is 5.32 Å². The molecule has 2 aliphatic rings. The Kier molecular flexibility index (Phi) is 5.82. The van der Waals surface area contributed by atoms with E-state index in [9.17, 15) is 14.4 Å². The van der Waals surface area contributed by atoms with Crippen molar-refractivity contribution < 1.29 is 19.1 Å². The summed E-state index contributed by atoms with van der Waals surface area (Å²) in [6.07, 6.45) is 5.31. The van der Waals surface area contributed by atoms with Gasteiger partial charge in [0, 0.05) is 18.3 Å². The van der Waals surface area contributed by atoms with Crippen LogP contribution in [0.15, 0.2) is 24.3 Å². The van der Waals surface area contributed by atoms with Crippen molar-refractivity contribution in [3.05, 3.63) is 29.8 Å². The Morgan fingerprint density at radius 1 is 1.15 bits per heavy atom. The van der Waals surface area contributed by atoms with Crippen LogP contribution in [-0.4, -0.2) is 41.9 Å². The van der Waals surface area contributed by atoms with Crippen LogP contribution in [0.25, 0.3) is 0 Å². The number of carbonyl (C=O) groups excluding carboxylic acids is 3. The van der Waals surface area contributed by atoms with Gasteiger partial charge in [-0.25, -0.2) is 4.79 Å². The maximum atomic E-state index is 13.1. The molecule has 27 heavy (non-hydrogen) atoms. The third-order valence-corrected chi connectivity index (χ3v) is 5.61. The molecule has 1 saturated carbocycles. The molecular formula is C21H28N2O4. The summed E-state index contributed by atoms with van der Waals surface area (Å²) in [4.78, 5) is 39.6. The SMILES string of the molecule is CCOC(=O)c1ccc(NC(=O)C2(C(=O)N3CCCCC3CC)CC2)cc1. The molecule has 6 heteroatoms. The maximum absolute atomic E-state index is 13.1. The van der Waals surface area contributed by atoms with Crippen LogP contribution in [0.3, 0.4) is 0 Å². The summed E-state index contributed by atoms with van der Waals surface area (Å²) in [5.41, 5.74) is 0.105. The van der Waals surface area contributed by atoms with Gasteiger partial charge in [0.1, 0.15) is 5.41 Å². The van der Waals surface area contributed by atoms with Crippen molar-refractivity contribution in [2.75, 3.05) is 18.5 Å². The van der Waals surface area contributed by atoms with Crippen LogP contribution in [0.4, 0.5) is 5.69 Å². The van der Waals surface area contributed by atoms with Gasteiger partial charge < -0.3 is 15.0 Å². The smallest absolute Gasteiger partial charge is 0.338 e. The molecule has 1 aliphatic heterocycles. The number of anilines is 1. The van der Waals surface area contributed by atoms with Gasteiger partial charge in [-0.3, -0.25) is 9.59 Å². The Balaban J connectivity index is 1.66. The fourth-order valence-corrected chi connectivity index (χ4v) is 3.79. The van der Waals surface area contributed by atoms with Gasteiger partial charge in [0.05, 0.1) is 12.2 Å². The molecule has 0 radical (unpaired) electrons. The van der Waals surface area contributed by atoms with Crippen LogP contribution in [-0.2, 0) is 14.3 Å². The van der Waals surface area contributed by atoms with E-state index in [0.29, 0.717) is 30.7 Å². The number of piperidine rings is 1. The fraction of sp³-hybridized carbons (Fsp3) is 0.571. The Hall–Kier alpha value is -2.37. The highest BCUT2D eigenvalue weighted by molar-refractivity contribution is 6.13. The molecule has 2 fully saturated rings. The molecule has 2 amide bonds. The van der Waals surface area contributed by atoms with Crippen molar-refractivity contribution in [3.63, 3.8) is 0 Å². The highest BCUT2D eigenvalue weighted by Crippen LogP contribution is 2.49. The largest absolute Gasteiger partial charge is 0.462 e. The molecular weight excluding hydrogens is 344 g/mol. The average Bonchev–Trinajstić information content (AvgIpc) is 3.50. The van der Waals surface area contributed by atoms with Crippen LogP contribution in [0.5, 0.6) is 0 Å². The molecule has 6 nitrogen and oxygen atoms in total. The molecule has 1 unspecified atom stereocenters. The lowest BCUT2D eigenvalue weighted by atomic mass is 9.95. The van der Waals surface area contributed by atoms with Crippen molar-refractivity contribution in [3.8, 4) is 0 Å². The quantitative estimate of drug-likeness (QED) is 0.614. The van der Waals surface area contributed by atoms with E-state index in [4.69, 9.17) is 4.74 Å². The van der Waals surface area contributed by atoms with Crippen molar-refractivity contribution >= 4 is 23.5 Å². The van der Waals surface area contributed by atoms with E-state index in [2.05, 4.69) is 12.2 Å². The van der Waals surface area contributed by atoms with Gasteiger partial charge in [0.2, 0.25) is 11.8 Å². The summed E-state index contributed by atoms with van der Waals surface area (Å²) < 4.78 is 4.96. The van der Waals surface area contributed by atoms with Gasteiger partial charge in [-0.1, -0.05) is 6.92 Å². The first-order valence-corrected chi connectivity index (χ1v) is 9.91. The second-order valence-corrected chi connectivity index (χ2v) is 7.39. The summed E-state index contributed by atoms with van der Waals surface area (Å²) >= 11 is 0. The zero-order valence-electron chi connectivity index (χ0n) is 16.1. The number of benzene rings is 1. The van der Waals surface area contributed by atoms with Gasteiger partial charge in [-0.15, -0.1) is 0 Å². The maximum Gasteiger partial charge on any atom is 0.338 e. The van der Waals surface area contributed by atoms with Crippen LogP contribution in [0.2, 0.25) is 0 Å². The summed E-state index contributed by atoms with van der Waals surface area (Å²) in [5, 5.41) is 2.86. The first-order chi connectivity index (χ1) is 13.0. The molecule has 146 valence electrons. The minimum atomic E-state index is -0.912. The van der Waals surface area contributed by atoms with Crippen molar-refractivity contribution in [2.45, 2.75) is 58.4 Å². The van der Waals surface area contributed by atoms with Crippen molar-refractivity contribution in [1.82, 2.24) is 4.90 Å². The molecule has 1 aromatic carbocycles. The van der Waals surface area contributed by atoms with E-state index >= 15 is 0 Å². The third kappa shape index (κ3) is 3.99. The third-order valence-electron chi connectivity index (χ3n) is 5.61. The number of nitrogens with zero attached hydrogens (tertiary/aromatic N) is 1. The zero-order chi connectivity index (χ0) is 19.4. The second-order valence-electron chi connectivity index (χ2n) is 7.39. The Bertz CT molecular complexity index is 709. The van der Waals surface area contributed by atoms with Gasteiger partial charge >= 0.3 is 5.97 Å². The van der Waals surface area contributed by atoms with E-state index in [-0.39, 0.29) is 23.8 Å². The van der Waals surface area contributed by atoms with E-state index in [0.717, 1.165) is 32.2 Å². The standard InChI is InChI=1S/C21H28N2O4/c1-3-17-7-5-6-14-23(17)20(26)21(12-13-21)19(25)22-16-10-8-15(9-11-16)18(24)27-4-2/h8-11,17H,3-7,12-14H2,1-2H3,(H,22,25). The summed E-state index contributed by atoms with van der Waals surface area (Å²) in [6.45, 7) is 4.92. The molecule has 1 aromatic rings. The average molecular weight is 372 g/mol. The fourth-order valence-electron chi connectivity index (χ4n) is 3.79. The number of rotatable bonds is 6. The molecule has 1 aliphatic carbocycles. The number of likely N-dealkylation sites (tertiary alicyclic amines) is 1. The molecule has 1 N–H and O–H groups in total. The van der Waals surface area contributed by atoms with E-state index in [1.807, 2.05) is 4.90 Å². The predicted molar refractivity (Wildman–Crippen MR) is 102 cm³/mol. The zero-order valence-corrected chi connectivity index (χ0v) is 16.1. The number of ether oxygens (including phenoxy) is 1. The van der Waals surface area contributed by atoms with Crippen molar-refractivity contribution in [2.24, 2.45) is 5.41 Å². The van der Waals surface area contributed by atoms with Crippen molar-refractivity contribution in [1.29, 1.82) is 0 Å². The van der Waals surface area contributed by atoms with Crippen LogP contribution in [0.1, 0.15) is 62.7 Å². The summed E-state index contributed by atoms with van der Waals surface area (Å²) in [7, 11) is 0. The number of carbonyl (C=O) groups is 3. The summed E-state index contributed by atoms with van der Waals surface area (Å²) in [5.74, 6) is -0.647.